The average Bonchev–Trinajstić information content (AvgIpc) is 2.29. The Morgan fingerprint density at radius 2 is 1.95 bits per heavy atom. The fourth-order valence-electron chi connectivity index (χ4n) is 1.07. The first-order valence-corrected chi connectivity index (χ1v) is 5.25. The maximum Gasteiger partial charge on any atom is 0.573 e. The van der Waals surface area contributed by atoms with Gasteiger partial charge in [-0.1, -0.05) is 12.2 Å². The van der Waals surface area contributed by atoms with Crippen LogP contribution in [0.1, 0.15) is 0 Å². The fraction of sp³-hybridized carbons (Fsp3) is 0.0909. The molecule has 0 fully saturated rings. The maximum atomic E-state index is 11.9. The van der Waals surface area contributed by atoms with E-state index < -0.39 is 6.36 Å². The van der Waals surface area contributed by atoms with Crippen molar-refractivity contribution < 1.29 is 17.9 Å². The normalized spacial score (nSPS) is 11.6. The van der Waals surface area contributed by atoms with Crippen molar-refractivity contribution in [3.63, 3.8) is 0 Å². The molecule has 0 aliphatic heterocycles. The first-order chi connectivity index (χ1) is 8.81. The third kappa shape index (κ3) is 5.27. The number of anilines is 1. The Hall–Kier alpha value is -2.27. The van der Waals surface area contributed by atoms with E-state index in [0.29, 0.717) is 5.69 Å². The molecule has 1 aromatic rings. The number of nitriles is 1. The molecule has 3 N–H and O–H groups in total. The summed E-state index contributed by atoms with van der Waals surface area (Å²) in [5, 5.41) is 11.4. The highest BCUT2D eigenvalue weighted by Gasteiger charge is 2.30. The summed E-state index contributed by atoms with van der Waals surface area (Å²) in [6.45, 7) is 0. The largest absolute Gasteiger partial charge is 0.573 e. The first kappa shape index (κ1) is 14.8. The van der Waals surface area contributed by atoms with Gasteiger partial charge < -0.3 is 15.8 Å². The number of hydrogen-bond donors (Lipinski definition) is 2. The summed E-state index contributed by atoms with van der Waals surface area (Å²) in [5.74, 6) is -0.336. The zero-order valence-corrected chi connectivity index (χ0v) is 10.2. The van der Waals surface area contributed by atoms with Crippen LogP contribution in [0.4, 0.5) is 18.9 Å². The molecule has 0 atom stereocenters. The molecule has 0 aromatic heterocycles. The van der Waals surface area contributed by atoms with Crippen molar-refractivity contribution in [1.29, 1.82) is 5.26 Å². The molecular weight excluding hydrogens is 279 g/mol. The van der Waals surface area contributed by atoms with E-state index in [2.05, 4.69) is 22.3 Å². The molecule has 0 bridgehead atoms. The van der Waals surface area contributed by atoms with E-state index in [0.717, 1.165) is 12.1 Å². The highest BCUT2D eigenvalue weighted by atomic mass is 32.1. The van der Waals surface area contributed by atoms with Gasteiger partial charge in [-0.3, -0.25) is 0 Å². The van der Waals surface area contributed by atoms with Crippen LogP contribution in [0.2, 0.25) is 0 Å². The van der Waals surface area contributed by atoms with Gasteiger partial charge in [-0.15, -0.1) is 13.2 Å². The highest BCUT2D eigenvalue weighted by molar-refractivity contribution is 7.80. The molecule has 19 heavy (non-hydrogen) atoms. The van der Waals surface area contributed by atoms with Crippen LogP contribution in [-0.4, -0.2) is 11.4 Å². The number of nitrogens with two attached hydrogens (primary N) is 1. The molecule has 0 heterocycles. The second-order valence-electron chi connectivity index (χ2n) is 3.25. The van der Waals surface area contributed by atoms with E-state index >= 15 is 0 Å². The third-order valence-corrected chi connectivity index (χ3v) is 2.08. The second-order valence-corrected chi connectivity index (χ2v) is 3.69. The van der Waals surface area contributed by atoms with Crippen molar-refractivity contribution in [3.05, 3.63) is 36.0 Å². The number of hydrogen-bond acceptors (Lipinski definition) is 4. The van der Waals surface area contributed by atoms with E-state index in [1.54, 1.807) is 6.07 Å². The minimum Gasteiger partial charge on any atom is -0.406 e. The van der Waals surface area contributed by atoms with Gasteiger partial charge >= 0.3 is 6.36 Å². The molecular formula is C11H8F3N3OS. The lowest BCUT2D eigenvalue weighted by atomic mass is 10.3. The van der Waals surface area contributed by atoms with E-state index in [4.69, 9.17) is 11.0 Å². The number of rotatable bonds is 4. The van der Waals surface area contributed by atoms with Crippen molar-refractivity contribution in [2.45, 2.75) is 6.36 Å². The van der Waals surface area contributed by atoms with Gasteiger partial charge in [0.2, 0.25) is 0 Å². The van der Waals surface area contributed by atoms with Gasteiger partial charge in [-0.05, 0) is 24.3 Å². The Labute approximate surface area is 112 Å². The van der Waals surface area contributed by atoms with Crippen LogP contribution in [0.3, 0.4) is 0 Å². The van der Waals surface area contributed by atoms with Gasteiger partial charge in [0.1, 0.15) is 22.4 Å². The van der Waals surface area contributed by atoms with Gasteiger partial charge in [-0.2, -0.15) is 5.26 Å². The lowest BCUT2D eigenvalue weighted by molar-refractivity contribution is -0.274. The molecule has 0 aliphatic carbocycles. The topological polar surface area (TPSA) is 71.1 Å². The first-order valence-electron chi connectivity index (χ1n) is 4.84. The number of benzene rings is 1. The zero-order chi connectivity index (χ0) is 14.5. The summed E-state index contributed by atoms with van der Waals surface area (Å²) in [6.07, 6.45) is -3.46. The van der Waals surface area contributed by atoms with Crippen LogP contribution in [0.25, 0.3) is 0 Å². The summed E-state index contributed by atoms with van der Waals surface area (Å²) in [5.41, 5.74) is 5.78. The Balaban J connectivity index is 2.73. The predicted molar refractivity (Wildman–Crippen MR) is 67.2 cm³/mol. The van der Waals surface area contributed by atoms with E-state index in [9.17, 15) is 13.2 Å². The van der Waals surface area contributed by atoms with Crippen LogP contribution in [-0.2, 0) is 0 Å². The molecule has 1 rings (SSSR count). The fourth-order valence-corrected chi connectivity index (χ4v) is 1.17. The third-order valence-electron chi connectivity index (χ3n) is 1.86. The van der Waals surface area contributed by atoms with Crippen LogP contribution < -0.4 is 15.8 Å². The van der Waals surface area contributed by atoms with Crippen LogP contribution >= 0.6 is 12.2 Å². The molecule has 100 valence electrons. The summed E-state index contributed by atoms with van der Waals surface area (Å²) in [6, 6.07) is 6.75. The van der Waals surface area contributed by atoms with Crippen LogP contribution in [0.5, 0.6) is 5.75 Å². The molecule has 8 heteroatoms. The number of nitrogens with one attached hydrogen (secondary N) is 1. The average molecular weight is 287 g/mol. The van der Waals surface area contributed by atoms with Crippen molar-refractivity contribution in [3.8, 4) is 11.8 Å². The standard InChI is InChI=1S/C11H8F3N3OS/c12-11(13,14)18-9-3-1-8(2-4-9)17-6-7(5-15)10(16)19/h1-4,6,17H,(H2,16,19)/b7-6+. The summed E-state index contributed by atoms with van der Waals surface area (Å²) in [7, 11) is 0. The number of nitrogens with zero attached hydrogens (tertiary/aromatic N) is 1. The second kappa shape index (κ2) is 6.06. The zero-order valence-electron chi connectivity index (χ0n) is 9.36. The Morgan fingerprint density at radius 3 is 2.37 bits per heavy atom. The minimum absolute atomic E-state index is 0.0608. The molecule has 0 spiro atoms. The number of thiocarbonyl (C=S) groups is 1. The van der Waals surface area contributed by atoms with Crippen LogP contribution in [0.15, 0.2) is 36.0 Å². The molecule has 0 unspecified atom stereocenters. The SMILES string of the molecule is N#C/C(=C\Nc1ccc(OC(F)(F)F)cc1)C(N)=S. The molecule has 0 saturated carbocycles. The number of ether oxygens (including phenoxy) is 1. The quantitative estimate of drug-likeness (QED) is 0.506. The Kier molecular flexibility index (Phi) is 4.72. The van der Waals surface area contributed by atoms with Crippen LogP contribution in [0, 0.1) is 11.3 Å². The maximum absolute atomic E-state index is 11.9. The molecule has 1 aromatic carbocycles. The van der Waals surface area contributed by atoms with Gasteiger partial charge in [0.05, 0.1) is 0 Å². The van der Waals surface area contributed by atoms with Gasteiger partial charge in [0.25, 0.3) is 0 Å². The minimum atomic E-state index is -4.73. The Morgan fingerprint density at radius 1 is 1.37 bits per heavy atom. The number of alkyl halides is 3. The summed E-state index contributed by atoms with van der Waals surface area (Å²) in [4.78, 5) is -0.0768. The van der Waals surface area contributed by atoms with E-state index in [1.807, 2.05) is 0 Å². The van der Waals surface area contributed by atoms with Crippen molar-refractivity contribution in [2.75, 3.05) is 5.32 Å². The monoisotopic (exact) mass is 287 g/mol. The lowest BCUT2D eigenvalue weighted by Crippen LogP contribution is -2.17. The van der Waals surface area contributed by atoms with E-state index in [1.165, 1.54) is 18.3 Å². The lowest BCUT2D eigenvalue weighted by Gasteiger charge is -2.09. The van der Waals surface area contributed by atoms with Gasteiger partial charge in [0.15, 0.2) is 0 Å². The molecule has 0 saturated heterocycles. The molecule has 0 radical (unpaired) electrons. The summed E-state index contributed by atoms with van der Waals surface area (Å²) < 4.78 is 39.5. The molecule has 4 nitrogen and oxygen atoms in total. The van der Waals surface area contributed by atoms with E-state index in [-0.39, 0.29) is 16.3 Å². The number of halogens is 3. The predicted octanol–water partition coefficient (Wildman–Crippen LogP) is 2.69. The highest BCUT2D eigenvalue weighted by Crippen LogP contribution is 2.23. The van der Waals surface area contributed by atoms with Crippen molar-refractivity contribution in [2.24, 2.45) is 5.73 Å². The smallest absolute Gasteiger partial charge is 0.406 e. The van der Waals surface area contributed by atoms with Crippen molar-refractivity contribution in [1.82, 2.24) is 0 Å². The van der Waals surface area contributed by atoms with Gasteiger partial charge in [-0.25, -0.2) is 0 Å². The van der Waals surface area contributed by atoms with Gasteiger partial charge in [0, 0.05) is 11.9 Å². The molecule has 0 aliphatic rings. The Bertz CT molecular complexity index is 532. The van der Waals surface area contributed by atoms with Crippen molar-refractivity contribution >= 4 is 22.9 Å². The summed E-state index contributed by atoms with van der Waals surface area (Å²) >= 11 is 4.61. The molecule has 0 amide bonds.